The summed E-state index contributed by atoms with van der Waals surface area (Å²) in [5, 5.41) is 15.1. The van der Waals surface area contributed by atoms with Crippen molar-refractivity contribution in [3.05, 3.63) is 76.5 Å². The van der Waals surface area contributed by atoms with Gasteiger partial charge in [-0.25, -0.2) is 4.68 Å². The summed E-state index contributed by atoms with van der Waals surface area (Å²) in [5.41, 5.74) is 2.22. The van der Waals surface area contributed by atoms with Crippen molar-refractivity contribution in [3.8, 4) is 5.69 Å². The Bertz CT molecular complexity index is 1160. The maximum absolute atomic E-state index is 12.5. The highest BCUT2D eigenvalue weighted by atomic mass is 16.2. The Morgan fingerprint density at radius 2 is 2.00 bits per heavy atom. The fourth-order valence-corrected chi connectivity index (χ4v) is 2.79. The van der Waals surface area contributed by atoms with Crippen LogP contribution < -0.4 is 10.9 Å². The Balaban J connectivity index is 1.62. The number of H-pyrrole nitrogens is 1. The number of nitrogens with one attached hydrogen (secondary N) is 2. The standard InChI is InChI=1S/C18H14N6O2/c1-11-8-13(6-7-16(11)24-10-19-22-23-24)20-18(26)15-9-12-4-2-3-5-14(12)17(25)21-15/h2-10H,1H3,(H,20,26)(H,21,25). The number of hydrogen-bond donors (Lipinski definition) is 2. The van der Waals surface area contributed by atoms with Crippen LogP contribution >= 0.6 is 0 Å². The Labute approximate surface area is 147 Å². The number of aromatic amines is 1. The van der Waals surface area contributed by atoms with Crippen molar-refractivity contribution in [2.75, 3.05) is 5.32 Å². The van der Waals surface area contributed by atoms with Gasteiger partial charge in [-0.1, -0.05) is 18.2 Å². The van der Waals surface area contributed by atoms with E-state index in [1.54, 1.807) is 35.0 Å². The first-order chi connectivity index (χ1) is 12.6. The highest BCUT2D eigenvalue weighted by Gasteiger charge is 2.11. The molecule has 0 spiro atoms. The molecule has 4 rings (SSSR count). The van der Waals surface area contributed by atoms with E-state index in [1.165, 1.54) is 6.33 Å². The molecule has 0 aliphatic rings. The third-order valence-electron chi connectivity index (χ3n) is 4.05. The van der Waals surface area contributed by atoms with E-state index < -0.39 is 0 Å². The van der Waals surface area contributed by atoms with Gasteiger partial charge in [-0.3, -0.25) is 9.59 Å². The molecule has 8 nitrogen and oxygen atoms in total. The first-order valence-electron chi connectivity index (χ1n) is 7.89. The summed E-state index contributed by atoms with van der Waals surface area (Å²) in [4.78, 5) is 27.3. The predicted molar refractivity (Wildman–Crippen MR) is 96.4 cm³/mol. The van der Waals surface area contributed by atoms with Crippen LogP contribution in [0.5, 0.6) is 0 Å². The number of pyridine rings is 1. The Kier molecular flexibility index (Phi) is 3.77. The lowest BCUT2D eigenvalue weighted by molar-refractivity contribution is 0.102. The van der Waals surface area contributed by atoms with E-state index >= 15 is 0 Å². The van der Waals surface area contributed by atoms with Crippen LogP contribution in [0.15, 0.2) is 59.7 Å². The van der Waals surface area contributed by atoms with E-state index in [4.69, 9.17) is 0 Å². The Morgan fingerprint density at radius 1 is 1.15 bits per heavy atom. The van der Waals surface area contributed by atoms with Gasteiger partial charge in [0.15, 0.2) is 0 Å². The third kappa shape index (κ3) is 2.84. The lowest BCUT2D eigenvalue weighted by Gasteiger charge is -2.09. The van der Waals surface area contributed by atoms with Crippen LogP contribution in [0.4, 0.5) is 5.69 Å². The molecule has 1 amide bonds. The molecular formula is C18H14N6O2. The fourth-order valence-electron chi connectivity index (χ4n) is 2.79. The topological polar surface area (TPSA) is 106 Å². The highest BCUT2D eigenvalue weighted by molar-refractivity contribution is 6.04. The van der Waals surface area contributed by atoms with Crippen molar-refractivity contribution < 1.29 is 4.79 Å². The summed E-state index contributed by atoms with van der Waals surface area (Å²) in [6, 6.07) is 14.2. The number of hydrogen-bond acceptors (Lipinski definition) is 5. The van der Waals surface area contributed by atoms with Crippen molar-refractivity contribution >= 4 is 22.4 Å². The van der Waals surface area contributed by atoms with Crippen LogP contribution in [0, 0.1) is 6.92 Å². The number of aromatic nitrogens is 5. The molecule has 128 valence electrons. The molecule has 0 atom stereocenters. The van der Waals surface area contributed by atoms with E-state index in [9.17, 15) is 9.59 Å². The zero-order valence-corrected chi connectivity index (χ0v) is 13.8. The lowest BCUT2D eigenvalue weighted by atomic mass is 10.1. The fraction of sp³-hybridized carbons (Fsp3) is 0.0556. The SMILES string of the molecule is Cc1cc(NC(=O)c2cc3ccccc3c(=O)[nH]2)ccc1-n1cnnn1. The molecule has 2 aromatic heterocycles. The molecule has 0 aliphatic heterocycles. The molecule has 0 radical (unpaired) electrons. The molecule has 2 aromatic carbocycles. The van der Waals surface area contributed by atoms with E-state index in [0.717, 1.165) is 11.3 Å². The second kappa shape index (κ2) is 6.25. The highest BCUT2D eigenvalue weighted by Crippen LogP contribution is 2.18. The third-order valence-corrected chi connectivity index (χ3v) is 4.05. The normalized spacial score (nSPS) is 10.8. The molecule has 2 N–H and O–H groups in total. The summed E-state index contributed by atoms with van der Waals surface area (Å²) in [7, 11) is 0. The van der Waals surface area contributed by atoms with Crippen LogP contribution in [0.25, 0.3) is 16.5 Å². The van der Waals surface area contributed by atoms with Crippen LogP contribution in [-0.4, -0.2) is 31.1 Å². The second-order valence-corrected chi connectivity index (χ2v) is 5.81. The molecule has 0 saturated carbocycles. The summed E-state index contributed by atoms with van der Waals surface area (Å²) >= 11 is 0. The number of amides is 1. The molecule has 0 unspecified atom stereocenters. The van der Waals surface area contributed by atoms with Gasteiger partial charge in [0.05, 0.1) is 5.69 Å². The van der Waals surface area contributed by atoms with E-state index in [-0.39, 0.29) is 17.2 Å². The van der Waals surface area contributed by atoms with Gasteiger partial charge in [-0.2, -0.15) is 0 Å². The number of carbonyl (C=O) groups is 1. The van der Waals surface area contributed by atoms with Gasteiger partial charge < -0.3 is 10.3 Å². The van der Waals surface area contributed by atoms with Crippen LogP contribution in [0.2, 0.25) is 0 Å². The molecule has 0 aliphatic carbocycles. The predicted octanol–water partition coefficient (Wildman–Crippen LogP) is 2.06. The van der Waals surface area contributed by atoms with E-state index in [2.05, 4.69) is 25.8 Å². The van der Waals surface area contributed by atoms with Gasteiger partial charge in [-0.05, 0) is 58.6 Å². The molecule has 0 bridgehead atoms. The summed E-state index contributed by atoms with van der Waals surface area (Å²) in [5.74, 6) is -0.387. The average Bonchev–Trinajstić information content (AvgIpc) is 3.16. The van der Waals surface area contributed by atoms with Gasteiger partial charge in [0.1, 0.15) is 12.0 Å². The van der Waals surface area contributed by atoms with E-state index in [1.807, 2.05) is 25.1 Å². The quantitative estimate of drug-likeness (QED) is 0.591. The van der Waals surface area contributed by atoms with Crippen molar-refractivity contribution in [2.24, 2.45) is 0 Å². The number of nitrogens with zero attached hydrogens (tertiary/aromatic N) is 4. The van der Waals surface area contributed by atoms with Gasteiger partial charge in [0.25, 0.3) is 11.5 Å². The average molecular weight is 346 g/mol. The number of carbonyl (C=O) groups excluding carboxylic acids is 1. The number of benzene rings is 2. The van der Waals surface area contributed by atoms with Crippen molar-refractivity contribution in [2.45, 2.75) is 6.92 Å². The molecular weight excluding hydrogens is 332 g/mol. The van der Waals surface area contributed by atoms with Gasteiger partial charge in [0.2, 0.25) is 0 Å². The molecule has 26 heavy (non-hydrogen) atoms. The number of aryl methyl sites for hydroxylation is 1. The van der Waals surface area contributed by atoms with Gasteiger partial charge in [-0.15, -0.1) is 5.10 Å². The molecule has 4 aromatic rings. The zero-order chi connectivity index (χ0) is 18.1. The zero-order valence-electron chi connectivity index (χ0n) is 13.8. The number of fused-ring (bicyclic) bond motifs is 1. The van der Waals surface area contributed by atoms with Crippen LogP contribution in [-0.2, 0) is 0 Å². The van der Waals surface area contributed by atoms with Crippen LogP contribution in [0.1, 0.15) is 16.1 Å². The summed E-state index contributed by atoms with van der Waals surface area (Å²) in [6.45, 7) is 1.89. The van der Waals surface area contributed by atoms with Gasteiger partial charge in [0, 0.05) is 11.1 Å². The minimum atomic E-state index is -0.387. The van der Waals surface area contributed by atoms with Gasteiger partial charge >= 0.3 is 0 Å². The minimum Gasteiger partial charge on any atom is -0.321 e. The largest absolute Gasteiger partial charge is 0.321 e. The first kappa shape index (κ1) is 15.7. The maximum atomic E-state index is 12.5. The molecule has 8 heteroatoms. The van der Waals surface area contributed by atoms with Crippen molar-refractivity contribution in [1.29, 1.82) is 0 Å². The van der Waals surface area contributed by atoms with Crippen molar-refractivity contribution in [1.82, 2.24) is 25.2 Å². The number of anilines is 1. The van der Waals surface area contributed by atoms with Crippen molar-refractivity contribution in [3.63, 3.8) is 0 Å². The molecule has 2 heterocycles. The molecule has 0 fully saturated rings. The lowest BCUT2D eigenvalue weighted by Crippen LogP contribution is -2.19. The second-order valence-electron chi connectivity index (χ2n) is 5.81. The smallest absolute Gasteiger partial charge is 0.272 e. The number of rotatable bonds is 3. The first-order valence-corrected chi connectivity index (χ1v) is 7.89. The Hall–Kier alpha value is -3.81. The summed E-state index contributed by atoms with van der Waals surface area (Å²) in [6.07, 6.45) is 1.50. The minimum absolute atomic E-state index is 0.205. The van der Waals surface area contributed by atoms with Crippen LogP contribution in [0.3, 0.4) is 0 Å². The number of tetrazole rings is 1. The molecule has 0 saturated heterocycles. The van der Waals surface area contributed by atoms with E-state index in [0.29, 0.717) is 16.5 Å². The summed E-state index contributed by atoms with van der Waals surface area (Å²) < 4.78 is 1.54. The maximum Gasteiger partial charge on any atom is 0.272 e. The monoisotopic (exact) mass is 346 g/mol. The Morgan fingerprint density at radius 3 is 2.77 bits per heavy atom.